The molecular weight excluding hydrogens is 303 g/mol. The van der Waals surface area contributed by atoms with Crippen LogP contribution in [0.4, 0.5) is 13.2 Å². The van der Waals surface area contributed by atoms with Crippen LogP contribution in [0.5, 0.6) is 5.75 Å². The lowest BCUT2D eigenvalue weighted by atomic mass is 9.83. The summed E-state index contributed by atoms with van der Waals surface area (Å²) in [6, 6.07) is 3.77. The summed E-state index contributed by atoms with van der Waals surface area (Å²) in [5.41, 5.74) is -0.683. The molecule has 0 aromatic heterocycles. The van der Waals surface area contributed by atoms with E-state index in [9.17, 15) is 22.8 Å². The van der Waals surface area contributed by atoms with Crippen molar-refractivity contribution in [2.45, 2.75) is 38.6 Å². The molecule has 0 fully saturated rings. The molecule has 0 aliphatic heterocycles. The molecule has 1 atom stereocenters. The lowest BCUT2D eigenvalue weighted by Crippen LogP contribution is -2.46. The smallest absolute Gasteiger partial charge is 0.480 e. The van der Waals surface area contributed by atoms with Gasteiger partial charge in [0, 0.05) is 0 Å². The van der Waals surface area contributed by atoms with Gasteiger partial charge in [-0.15, -0.1) is 13.2 Å². The average molecular weight is 319 g/mol. The highest BCUT2D eigenvalue weighted by Crippen LogP contribution is 2.28. The molecule has 2 N–H and O–H groups in total. The van der Waals surface area contributed by atoms with Crippen molar-refractivity contribution in [3.8, 4) is 5.75 Å². The predicted molar refractivity (Wildman–Crippen MR) is 71.4 cm³/mol. The third-order valence-corrected chi connectivity index (χ3v) is 3.10. The van der Waals surface area contributed by atoms with Crippen LogP contribution >= 0.6 is 0 Å². The zero-order chi connectivity index (χ0) is 17.1. The summed E-state index contributed by atoms with van der Waals surface area (Å²) in [6.45, 7) is 4.39. The van der Waals surface area contributed by atoms with Crippen LogP contribution in [0.2, 0.25) is 0 Å². The standard InChI is InChI=1S/C14H16F3NO4/c1-8(11(19)20)18-12(21)13(2,3)9-4-6-10(7-5-9)22-14(15,16)17/h4-8H,1-3H3,(H,18,21)(H,19,20). The Kier molecular flexibility index (Phi) is 5.05. The van der Waals surface area contributed by atoms with Gasteiger partial charge < -0.3 is 15.2 Å². The van der Waals surface area contributed by atoms with E-state index in [0.29, 0.717) is 5.56 Å². The van der Waals surface area contributed by atoms with Crippen LogP contribution in [0, 0.1) is 0 Å². The Morgan fingerprint density at radius 2 is 1.68 bits per heavy atom. The molecule has 122 valence electrons. The number of hydrogen-bond acceptors (Lipinski definition) is 3. The van der Waals surface area contributed by atoms with Crippen LogP contribution in [0.15, 0.2) is 24.3 Å². The lowest BCUT2D eigenvalue weighted by Gasteiger charge is -2.25. The minimum absolute atomic E-state index is 0.397. The summed E-state index contributed by atoms with van der Waals surface area (Å²) in [7, 11) is 0. The number of halogens is 3. The molecule has 1 aromatic carbocycles. The van der Waals surface area contributed by atoms with Gasteiger partial charge in [0.05, 0.1) is 5.41 Å². The molecule has 0 aliphatic rings. The first-order valence-corrected chi connectivity index (χ1v) is 6.33. The van der Waals surface area contributed by atoms with Crippen LogP contribution in [-0.2, 0) is 15.0 Å². The molecule has 0 saturated heterocycles. The maximum absolute atomic E-state index is 12.1. The first-order chi connectivity index (χ1) is 9.93. The van der Waals surface area contributed by atoms with E-state index in [1.54, 1.807) is 0 Å². The van der Waals surface area contributed by atoms with Crippen molar-refractivity contribution < 1.29 is 32.6 Å². The largest absolute Gasteiger partial charge is 0.573 e. The van der Waals surface area contributed by atoms with Crippen molar-refractivity contribution in [1.29, 1.82) is 0 Å². The molecule has 0 aliphatic carbocycles. The highest BCUT2D eigenvalue weighted by Gasteiger charge is 2.33. The summed E-state index contributed by atoms with van der Waals surface area (Å²) in [5.74, 6) is -2.13. The van der Waals surface area contributed by atoms with E-state index in [-0.39, 0.29) is 0 Å². The van der Waals surface area contributed by atoms with Crippen molar-refractivity contribution >= 4 is 11.9 Å². The van der Waals surface area contributed by atoms with Crippen LogP contribution in [-0.4, -0.2) is 29.4 Å². The van der Waals surface area contributed by atoms with Crippen LogP contribution in [0.1, 0.15) is 26.3 Å². The third kappa shape index (κ3) is 4.64. The maximum atomic E-state index is 12.1. The number of nitrogens with one attached hydrogen (secondary N) is 1. The van der Waals surface area contributed by atoms with Gasteiger partial charge in [-0.2, -0.15) is 0 Å². The van der Waals surface area contributed by atoms with Gasteiger partial charge in [0.15, 0.2) is 0 Å². The molecular formula is C14H16F3NO4. The second kappa shape index (κ2) is 6.25. The van der Waals surface area contributed by atoms with E-state index in [1.807, 2.05) is 0 Å². The highest BCUT2D eigenvalue weighted by molar-refractivity contribution is 5.90. The lowest BCUT2D eigenvalue weighted by molar-refractivity contribution is -0.274. The fraction of sp³-hybridized carbons (Fsp3) is 0.429. The number of carboxylic acid groups (broad SMARTS) is 1. The first-order valence-electron chi connectivity index (χ1n) is 6.33. The normalized spacial score (nSPS) is 13.4. The zero-order valence-electron chi connectivity index (χ0n) is 12.2. The summed E-state index contributed by atoms with van der Waals surface area (Å²) in [6.07, 6.45) is -4.79. The molecule has 8 heteroatoms. The SMILES string of the molecule is CC(NC(=O)C(C)(C)c1ccc(OC(F)(F)F)cc1)C(=O)O. The van der Waals surface area contributed by atoms with Gasteiger partial charge in [0.2, 0.25) is 5.91 Å². The number of amides is 1. The van der Waals surface area contributed by atoms with Crippen LogP contribution in [0.3, 0.4) is 0 Å². The van der Waals surface area contributed by atoms with Crippen molar-refractivity contribution in [2.75, 3.05) is 0 Å². The van der Waals surface area contributed by atoms with Crippen molar-refractivity contribution in [2.24, 2.45) is 0 Å². The number of carboxylic acids is 1. The van der Waals surface area contributed by atoms with Gasteiger partial charge >= 0.3 is 12.3 Å². The number of aliphatic carboxylic acids is 1. The average Bonchev–Trinajstić information content (AvgIpc) is 2.37. The molecule has 1 aromatic rings. The van der Waals surface area contributed by atoms with E-state index >= 15 is 0 Å². The molecule has 1 amide bonds. The van der Waals surface area contributed by atoms with Gasteiger partial charge in [-0.1, -0.05) is 12.1 Å². The van der Waals surface area contributed by atoms with Crippen LogP contribution < -0.4 is 10.1 Å². The molecule has 0 heterocycles. The molecule has 22 heavy (non-hydrogen) atoms. The number of hydrogen-bond donors (Lipinski definition) is 2. The van der Waals surface area contributed by atoms with Crippen molar-refractivity contribution in [3.63, 3.8) is 0 Å². The van der Waals surface area contributed by atoms with Gasteiger partial charge in [0.1, 0.15) is 11.8 Å². The Labute approximate surface area is 125 Å². The van der Waals surface area contributed by atoms with Gasteiger partial charge in [-0.3, -0.25) is 9.59 Å². The Hall–Kier alpha value is -2.25. The highest BCUT2D eigenvalue weighted by atomic mass is 19.4. The monoisotopic (exact) mass is 319 g/mol. The first kappa shape index (κ1) is 17.8. The van der Waals surface area contributed by atoms with E-state index in [4.69, 9.17) is 5.11 Å². The summed E-state index contributed by atoms with van der Waals surface area (Å²) in [5, 5.41) is 11.1. The predicted octanol–water partition coefficient (Wildman–Crippen LogP) is 2.45. The summed E-state index contributed by atoms with van der Waals surface area (Å²) in [4.78, 5) is 22.8. The Balaban J connectivity index is 2.89. The fourth-order valence-corrected chi connectivity index (χ4v) is 1.64. The van der Waals surface area contributed by atoms with E-state index in [2.05, 4.69) is 10.1 Å². The molecule has 0 bridgehead atoms. The maximum Gasteiger partial charge on any atom is 0.573 e. The fourth-order valence-electron chi connectivity index (χ4n) is 1.64. The quantitative estimate of drug-likeness (QED) is 0.874. The Morgan fingerprint density at radius 1 is 1.18 bits per heavy atom. The van der Waals surface area contributed by atoms with Gasteiger partial charge in [-0.05, 0) is 38.5 Å². The number of alkyl halides is 3. The van der Waals surface area contributed by atoms with Crippen molar-refractivity contribution in [3.05, 3.63) is 29.8 Å². The summed E-state index contributed by atoms with van der Waals surface area (Å²) < 4.78 is 40.0. The minimum Gasteiger partial charge on any atom is -0.480 e. The number of rotatable bonds is 5. The van der Waals surface area contributed by atoms with Gasteiger partial charge in [-0.25, -0.2) is 0 Å². The Morgan fingerprint density at radius 3 is 2.09 bits per heavy atom. The number of carbonyl (C=O) groups is 2. The topological polar surface area (TPSA) is 75.6 Å². The van der Waals surface area contributed by atoms with E-state index < -0.39 is 35.4 Å². The molecule has 0 radical (unpaired) electrons. The zero-order valence-corrected chi connectivity index (χ0v) is 12.2. The molecule has 0 saturated carbocycles. The minimum atomic E-state index is -4.79. The van der Waals surface area contributed by atoms with Crippen molar-refractivity contribution in [1.82, 2.24) is 5.32 Å². The number of carbonyl (C=O) groups excluding carboxylic acids is 1. The third-order valence-electron chi connectivity index (χ3n) is 3.10. The van der Waals surface area contributed by atoms with E-state index in [0.717, 1.165) is 12.1 Å². The molecule has 1 unspecified atom stereocenters. The molecule has 0 spiro atoms. The van der Waals surface area contributed by atoms with Crippen LogP contribution in [0.25, 0.3) is 0 Å². The second-order valence-electron chi connectivity index (χ2n) is 5.23. The summed E-state index contributed by atoms with van der Waals surface area (Å²) >= 11 is 0. The molecule has 1 rings (SSSR count). The number of ether oxygens (including phenoxy) is 1. The molecule has 5 nitrogen and oxygen atoms in total. The Bertz CT molecular complexity index is 552. The van der Waals surface area contributed by atoms with Gasteiger partial charge in [0.25, 0.3) is 0 Å². The number of benzene rings is 1. The van der Waals surface area contributed by atoms with E-state index in [1.165, 1.54) is 32.9 Å². The second-order valence-corrected chi connectivity index (χ2v) is 5.23.